The summed E-state index contributed by atoms with van der Waals surface area (Å²) < 4.78 is 37.3. The highest BCUT2D eigenvalue weighted by molar-refractivity contribution is 7.89. The van der Waals surface area contributed by atoms with E-state index < -0.39 is 22.5 Å². The summed E-state index contributed by atoms with van der Waals surface area (Å²) >= 11 is 0. The van der Waals surface area contributed by atoms with Gasteiger partial charge in [0, 0.05) is 12.6 Å². The highest BCUT2D eigenvalue weighted by atomic mass is 32.2. The number of nitrogens with one attached hydrogen (secondary N) is 1. The first kappa shape index (κ1) is 19.7. The summed E-state index contributed by atoms with van der Waals surface area (Å²) in [5.41, 5.74) is 2.15. The maximum absolute atomic E-state index is 13.0. The summed E-state index contributed by atoms with van der Waals surface area (Å²) in [6.07, 6.45) is 0. The smallest absolute Gasteiger partial charge is 0.258 e. The number of nitrogens with zero attached hydrogens (tertiary/aromatic N) is 1. The quantitative estimate of drug-likeness (QED) is 0.530. The van der Waals surface area contributed by atoms with E-state index in [9.17, 15) is 13.2 Å². The molecule has 0 fully saturated rings. The van der Waals surface area contributed by atoms with Crippen molar-refractivity contribution in [2.45, 2.75) is 11.4 Å². The number of sulfonamides is 1. The van der Waals surface area contributed by atoms with Crippen LogP contribution in [0.5, 0.6) is 11.5 Å². The molecule has 0 radical (unpaired) electrons. The Balaban J connectivity index is 2.42. The maximum atomic E-state index is 13.0. The van der Waals surface area contributed by atoms with Gasteiger partial charge in [-0.25, -0.2) is 13.9 Å². The van der Waals surface area contributed by atoms with Gasteiger partial charge >= 0.3 is 0 Å². The molecular weight excluding hydrogens is 360 g/mol. The van der Waals surface area contributed by atoms with Crippen LogP contribution in [0.15, 0.2) is 53.4 Å². The average Bonchev–Trinajstić information content (AvgIpc) is 2.67. The van der Waals surface area contributed by atoms with E-state index in [1.165, 1.54) is 37.9 Å². The number of ether oxygens (including phenoxy) is 2. The van der Waals surface area contributed by atoms with Crippen LogP contribution < -0.4 is 15.0 Å². The first-order valence-electron chi connectivity index (χ1n) is 7.61. The Bertz CT molecular complexity index is 855. The Labute approximate surface area is 152 Å². The first-order chi connectivity index (χ1) is 12.4. The number of methoxy groups -OCH3 is 2. The highest BCUT2D eigenvalue weighted by Gasteiger charge is 2.28. The molecule has 0 aromatic heterocycles. The maximum Gasteiger partial charge on any atom is 0.258 e. The normalized spacial score (nSPS) is 11.2. The summed E-state index contributed by atoms with van der Waals surface area (Å²) in [6.45, 7) is -0.576. The van der Waals surface area contributed by atoms with Crippen molar-refractivity contribution in [1.29, 1.82) is 0 Å². The zero-order valence-electron chi connectivity index (χ0n) is 14.4. The Morgan fingerprint density at radius 1 is 1.08 bits per heavy atom. The Hall–Kier alpha value is -2.62. The van der Waals surface area contributed by atoms with E-state index >= 15 is 0 Å². The van der Waals surface area contributed by atoms with Gasteiger partial charge in [0.25, 0.3) is 5.91 Å². The van der Waals surface area contributed by atoms with E-state index in [1.54, 1.807) is 30.3 Å². The van der Waals surface area contributed by atoms with E-state index in [1.807, 2.05) is 0 Å². The van der Waals surface area contributed by atoms with Crippen molar-refractivity contribution < 1.29 is 27.9 Å². The van der Waals surface area contributed by atoms with Crippen LogP contribution in [0, 0.1) is 0 Å². The van der Waals surface area contributed by atoms with Gasteiger partial charge in [0.1, 0.15) is 0 Å². The Morgan fingerprint density at radius 3 is 2.31 bits per heavy atom. The van der Waals surface area contributed by atoms with Crippen molar-refractivity contribution in [3.8, 4) is 11.5 Å². The van der Waals surface area contributed by atoms with E-state index in [-0.39, 0.29) is 17.2 Å². The molecule has 2 aromatic rings. The van der Waals surface area contributed by atoms with Gasteiger partial charge < -0.3 is 9.47 Å². The molecule has 1 amide bonds. The van der Waals surface area contributed by atoms with Crippen molar-refractivity contribution in [3.63, 3.8) is 0 Å². The molecule has 0 atom stereocenters. The van der Waals surface area contributed by atoms with E-state index in [0.29, 0.717) is 11.3 Å². The molecular formula is C17H20N2O6S. The summed E-state index contributed by atoms with van der Waals surface area (Å²) in [4.78, 5) is 11.5. The third kappa shape index (κ3) is 4.51. The van der Waals surface area contributed by atoms with Gasteiger partial charge in [0.2, 0.25) is 10.0 Å². The number of benzene rings is 2. The molecule has 0 unspecified atom stereocenters. The Morgan fingerprint density at radius 2 is 1.73 bits per heavy atom. The van der Waals surface area contributed by atoms with Gasteiger partial charge in [-0.3, -0.25) is 10.0 Å². The largest absolute Gasteiger partial charge is 0.493 e. The average molecular weight is 380 g/mol. The molecule has 26 heavy (non-hydrogen) atoms. The predicted octanol–water partition coefficient (Wildman–Crippen LogP) is 1.40. The van der Waals surface area contributed by atoms with Gasteiger partial charge in [-0.1, -0.05) is 30.3 Å². The van der Waals surface area contributed by atoms with Crippen molar-refractivity contribution in [3.05, 3.63) is 54.1 Å². The van der Waals surface area contributed by atoms with Crippen molar-refractivity contribution in [1.82, 2.24) is 9.79 Å². The molecule has 140 valence electrons. The van der Waals surface area contributed by atoms with E-state index in [4.69, 9.17) is 14.7 Å². The van der Waals surface area contributed by atoms with Crippen LogP contribution in [-0.4, -0.2) is 44.6 Å². The minimum Gasteiger partial charge on any atom is -0.493 e. The number of hydroxylamine groups is 1. The molecule has 0 heterocycles. The van der Waals surface area contributed by atoms with Gasteiger partial charge in [-0.2, -0.15) is 4.31 Å². The zero-order valence-corrected chi connectivity index (χ0v) is 15.2. The molecule has 2 N–H and O–H groups in total. The lowest BCUT2D eigenvalue weighted by molar-refractivity contribution is -0.129. The van der Waals surface area contributed by atoms with Gasteiger partial charge in [0.15, 0.2) is 11.5 Å². The van der Waals surface area contributed by atoms with Crippen LogP contribution in [0.1, 0.15) is 5.56 Å². The third-order valence-electron chi connectivity index (χ3n) is 3.64. The molecule has 0 aliphatic rings. The fourth-order valence-corrected chi connectivity index (χ4v) is 3.73. The molecule has 0 spiro atoms. The third-order valence-corrected chi connectivity index (χ3v) is 5.43. The van der Waals surface area contributed by atoms with Crippen LogP contribution in [0.2, 0.25) is 0 Å². The summed E-state index contributed by atoms with van der Waals surface area (Å²) in [5, 5.41) is 8.78. The molecule has 0 bridgehead atoms. The topological polar surface area (TPSA) is 105 Å². The zero-order chi connectivity index (χ0) is 19.2. The number of rotatable bonds is 8. The predicted molar refractivity (Wildman–Crippen MR) is 93.5 cm³/mol. The lowest BCUT2D eigenvalue weighted by Gasteiger charge is -2.22. The second-order valence-corrected chi connectivity index (χ2v) is 7.25. The van der Waals surface area contributed by atoms with Gasteiger partial charge in [-0.15, -0.1) is 0 Å². The fraction of sp³-hybridized carbons (Fsp3) is 0.235. The second-order valence-electron chi connectivity index (χ2n) is 5.31. The fourth-order valence-electron chi connectivity index (χ4n) is 2.33. The van der Waals surface area contributed by atoms with E-state index in [0.717, 1.165) is 4.31 Å². The minimum absolute atomic E-state index is 0.0368. The monoisotopic (exact) mass is 380 g/mol. The van der Waals surface area contributed by atoms with Crippen molar-refractivity contribution >= 4 is 15.9 Å². The molecule has 0 saturated heterocycles. The van der Waals surface area contributed by atoms with Crippen LogP contribution in [-0.2, 0) is 21.4 Å². The van der Waals surface area contributed by atoms with Crippen molar-refractivity contribution in [2.24, 2.45) is 0 Å². The lowest BCUT2D eigenvalue weighted by Crippen LogP contribution is -2.39. The lowest BCUT2D eigenvalue weighted by atomic mass is 10.2. The van der Waals surface area contributed by atoms with Crippen molar-refractivity contribution in [2.75, 3.05) is 20.8 Å². The van der Waals surface area contributed by atoms with Crippen LogP contribution in [0.3, 0.4) is 0 Å². The van der Waals surface area contributed by atoms with Gasteiger partial charge in [0.05, 0.1) is 25.7 Å². The number of amides is 1. The number of hydrogen-bond acceptors (Lipinski definition) is 6. The molecule has 0 aliphatic heterocycles. The minimum atomic E-state index is -4.04. The summed E-state index contributed by atoms with van der Waals surface area (Å²) in [7, 11) is -1.19. The molecule has 2 aromatic carbocycles. The van der Waals surface area contributed by atoms with Gasteiger partial charge in [-0.05, 0) is 17.7 Å². The van der Waals surface area contributed by atoms with Crippen LogP contribution in [0.4, 0.5) is 0 Å². The van der Waals surface area contributed by atoms with Crippen LogP contribution in [0.25, 0.3) is 0 Å². The molecule has 8 nitrogen and oxygen atoms in total. The van der Waals surface area contributed by atoms with E-state index in [2.05, 4.69) is 0 Å². The summed E-state index contributed by atoms with van der Waals surface area (Å²) in [6, 6.07) is 13.0. The standard InChI is InChI=1S/C17H20N2O6S/c1-24-15-9-8-14(10-16(15)25-2)26(22,23)19(12-17(20)18-21)11-13-6-4-3-5-7-13/h3-10,21H,11-12H2,1-2H3,(H,18,20). The number of carbonyl (C=O) groups excluding carboxylic acids is 1. The summed E-state index contributed by atoms with van der Waals surface area (Å²) in [5.74, 6) is -0.209. The molecule has 2 rings (SSSR count). The molecule has 0 saturated carbocycles. The SMILES string of the molecule is COc1ccc(S(=O)(=O)N(CC(=O)NO)Cc2ccccc2)cc1OC. The Kier molecular flexibility index (Phi) is 6.56. The second kappa shape index (κ2) is 8.65. The number of carbonyl (C=O) groups is 1. The van der Waals surface area contributed by atoms with Crippen LogP contribution >= 0.6 is 0 Å². The first-order valence-corrected chi connectivity index (χ1v) is 9.05. The highest BCUT2D eigenvalue weighted by Crippen LogP contribution is 2.31. The molecule has 9 heteroatoms. The molecule has 0 aliphatic carbocycles. The number of hydrogen-bond donors (Lipinski definition) is 2.